The topological polar surface area (TPSA) is 19.7 Å². The van der Waals surface area contributed by atoms with Crippen LogP contribution in [-0.4, -0.2) is 4.98 Å². The van der Waals surface area contributed by atoms with Gasteiger partial charge in [-0.3, -0.25) is 0 Å². The molecule has 25 heavy (non-hydrogen) atoms. The highest BCUT2D eigenvalue weighted by atomic mass is 35.5. The molecule has 0 unspecified atom stereocenters. The van der Waals surface area contributed by atoms with Gasteiger partial charge in [0, 0.05) is 6.42 Å². The molecule has 0 saturated heterocycles. The molecule has 0 amide bonds. The summed E-state index contributed by atoms with van der Waals surface area (Å²) < 4.78 is 2.35. The molecule has 1 aromatic carbocycles. The van der Waals surface area contributed by atoms with E-state index in [4.69, 9.17) is 0 Å². The Morgan fingerprint density at radius 3 is 2.04 bits per heavy atom. The van der Waals surface area contributed by atoms with Crippen molar-refractivity contribution in [1.82, 2.24) is 4.98 Å². The predicted octanol–water partition coefficient (Wildman–Crippen LogP) is 2.82. The summed E-state index contributed by atoms with van der Waals surface area (Å²) in [5.74, 6) is 1.36. The predicted molar refractivity (Wildman–Crippen MR) is 102 cm³/mol. The molecule has 2 aromatic rings. The Balaban J connectivity index is 0.00000312. The highest BCUT2D eigenvalue weighted by Crippen LogP contribution is 2.11. The van der Waals surface area contributed by atoms with Gasteiger partial charge in [0.15, 0.2) is 0 Å². The number of aromatic amines is 1. The molecule has 140 valence electrons. The molecule has 3 heteroatoms. The lowest BCUT2D eigenvalue weighted by Crippen LogP contribution is -3.00. The van der Waals surface area contributed by atoms with Crippen LogP contribution >= 0.6 is 0 Å². The van der Waals surface area contributed by atoms with E-state index in [0.717, 1.165) is 13.0 Å². The summed E-state index contributed by atoms with van der Waals surface area (Å²) in [7, 11) is 0. The Hall–Kier alpha value is -1.28. The molecule has 0 atom stereocenters. The zero-order valence-electron chi connectivity index (χ0n) is 15.9. The minimum atomic E-state index is 0. The number of rotatable bonds is 13. The quantitative estimate of drug-likeness (QED) is 0.417. The van der Waals surface area contributed by atoms with Gasteiger partial charge in [-0.2, -0.15) is 0 Å². The number of nitrogens with zero attached hydrogens (tertiary/aromatic N) is 1. The summed E-state index contributed by atoms with van der Waals surface area (Å²) in [6, 6.07) is 10.7. The molecule has 0 fully saturated rings. The van der Waals surface area contributed by atoms with E-state index in [1.165, 1.54) is 75.6 Å². The largest absolute Gasteiger partial charge is 1.00 e. The van der Waals surface area contributed by atoms with Gasteiger partial charge in [-0.05, 0) is 12.0 Å². The molecule has 0 spiro atoms. The van der Waals surface area contributed by atoms with Crippen molar-refractivity contribution in [1.29, 1.82) is 0 Å². The fraction of sp³-hybridized carbons (Fsp3) is 0.591. The van der Waals surface area contributed by atoms with E-state index in [0.29, 0.717) is 0 Å². The normalized spacial score (nSPS) is 10.6. The Morgan fingerprint density at radius 1 is 0.800 bits per heavy atom. The number of benzene rings is 1. The number of halogens is 1. The first kappa shape index (κ1) is 21.8. The van der Waals surface area contributed by atoms with Crippen LogP contribution in [0.25, 0.3) is 0 Å². The van der Waals surface area contributed by atoms with Crippen LogP contribution in [0.2, 0.25) is 0 Å². The van der Waals surface area contributed by atoms with Gasteiger partial charge < -0.3 is 12.4 Å². The van der Waals surface area contributed by atoms with E-state index in [9.17, 15) is 0 Å². The number of unbranched alkanes of at least 4 members (excludes halogenated alkanes) is 9. The molecular formula is C22H35ClN2. The molecule has 2 nitrogen and oxygen atoms in total. The number of imidazole rings is 1. The van der Waals surface area contributed by atoms with Crippen LogP contribution in [0.15, 0.2) is 42.7 Å². The van der Waals surface area contributed by atoms with Crippen LogP contribution in [0, 0.1) is 0 Å². The molecule has 1 heterocycles. The van der Waals surface area contributed by atoms with Gasteiger partial charge >= 0.3 is 0 Å². The molecule has 2 rings (SSSR count). The molecule has 0 radical (unpaired) electrons. The standard InChI is InChI=1S/C22H34N2.ClH/c1-2-3-4-5-6-7-8-9-10-14-17-22-23-18-19-24(22)20-21-15-12-11-13-16-21;/h11-13,15-16,18-19H,2-10,14,17,20H2,1H3;1H. The van der Waals surface area contributed by atoms with E-state index in [-0.39, 0.29) is 12.4 Å². The van der Waals surface area contributed by atoms with Crippen LogP contribution in [-0.2, 0) is 13.0 Å². The number of aryl methyl sites for hydroxylation is 1. The molecule has 1 aromatic heterocycles. The highest BCUT2D eigenvalue weighted by molar-refractivity contribution is 5.13. The van der Waals surface area contributed by atoms with E-state index >= 15 is 0 Å². The smallest absolute Gasteiger partial charge is 0.254 e. The monoisotopic (exact) mass is 362 g/mol. The summed E-state index contributed by atoms with van der Waals surface area (Å²) >= 11 is 0. The lowest BCUT2D eigenvalue weighted by atomic mass is 10.1. The maximum Gasteiger partial charge on any atom is 0.254 e. The fourth-order valence-electron chi connectivity index (χ4n) is 3.32. The molecule has 0 aliphatic carbocycles. The van der Waals surface area contributed by atoms with Crippen molar-refractivity contribution in [2.75, 3.05) is 0 Å². The number of hydrogen-bond donors (Lipinski definition) is 1. The van der Waals surface area contributed by atoms with Gasteiger partial charge in [-0.15, -0.1) is 0 Å². The maximum absolute atomic E-state index is 3.42. The first-order valence-electron chi connectivity index (χ1n) is 9.99. The van der Waals surface area contributed by atoms with Crippen molar-refractivity contribution in [3.63, 3.8) is 0 Å². The van der Waals surface area contributed by atoms with Gasteiger partial charge in [0.05, 0.1) is 0 Å². The third kappa shape index (κ3) is 9.11. The van der Waals surface area contributed by atoms with Gasteiger partial charge in [0.1, 0.15) is 18.9 Å². The first-order chi connectivity index (χ1) is 11.9. The Labute approximate surface area is 160 Å². The van der Waals surface area contributed by atoms with Crippen LogP contribution in [0.3, 0.4) is 0 Å². The minimum Gasteiger partial charge on any atom is -1.00 e. The molecule has 0 aliphatic heterocycles. The lowest BCUT2D eigenvalue weighted by molar-refractivity contribution is -0.694. The highest BCUT2D eigenvalue weighted by Gasteiger charge is 2.10. The fourth-order valence-corrected chi connectivity index (χ4v) is 3.32. The van der Waals surface area contributed by atoms with Crippen molar-refractivity contribution < 1.29 is 17.0 Å². The average molecular weight is 363 g/mol. The third-order valence-corrected chi connectivity index (χ3v) is 4.81. The zero-order chi connectivity index (χ0) is 16.9. The van der Waals surface area contributed by atoms with Crippen LogP contribution in [0.5, 0.6) is 0 Å². The van der Waals surface area contributed by atoms with Crippen molar-refractivity contribution in [2.45, 2.75) is 84.1 Å². The molecule has 0 aliphatic rings. The van der Waals surface area contributed by atoms with E-state index in [2.05, 4.69) is 59.2 Å². The number of nitrogens with one attached hydrogen (secondary N) is 1. The van der Waals surface area contributed by atoms with Crippen molar-refractivity contribution in [2.24, 2.45) is 0 Å². The molecule has 1 N–H and O–H groups in total. The van der Waals surface area contributed by atoms with Crippen molar-refractivity contribution in [3.05, 3.63) is 54.1 Å². The number of hydrogen-bond acceptors (Lipinski definition) is 0. The zero-order valence-corrected chi connectivity index (χ0v) is 16.6. The molecule has 0 bridgehead atoms. The second kappa shape index (κ2) is 13.9. The second-order valence-corrected chi connectivity index (χ2v) is 6.95. The van der Waals surface area contributed by atoms with E-state index < -0.39 is 0 Å². The third-order valence-electron chi connectivity index (χ3n) is 4.81. The first-order valence-corrected chi connectivity index (χ1v) is 9.99. The van der Waals surface area contributed by atoms with Crippen LogP contribution < -0.4 is 17.0 Å². The summed E-state index contributed by atoms with van der Waals surface area (Å²) in [5, 5.41) is 0. The molecule has 0 saturated carbocycles. The van der Waals surface area contributed by atoms with Crippen LogP contribution in [0.4, 0.5) is 0 Å². The van der Waals surface area contributed by atoms with Crippen molar-refractivity contribution >= 4 is 0 Å². The SMILES string of the molecule is CCCCCCCCCCCCc1[nH]cc[n+]1Cc1ccccc1.[Cl-]. The van der Waals surface area contributed by atoms with Crippen LogP contribution in [0.1, 0.15) is 82.5 Å². The van der Waals surface area contributed by atoms with E-state index in [1.807, 2.05) is 0 Å². The minimum absolute atomic E-state index is 0. The second-order valence-electron chi connectivity index (χ2n) is 6.95. The average Bonchev–Trinajstić information content (AvgIpc) is 3.04. The lowest BCUT2D eigenvalue weighted by Gasteiger charge is -2.03. The summed E-state index contributed by atoms with van der Waals surface area (Å²) in [6.07, 6.45) is 19.4. The van der Waals surface area contributed by atoms with Gasteiger partial charge in [-0.1, -0.05) is 95.0 Å². The summed E-state index contributed by atoms with van der Waals surface area (Å²) in [5.41, 5.74) is 1.37. The van der Waals surface area contributed by atoms with Crippen molar-refractivity contribution in [3.8, 4) is 0 Å². The van der Waals surface area contributed by atoms with Gasteiger partial charge in [0.2, 0.25) is 0 Å². The maximum atomic E-state index is 3.42. The Bertz CT molecular complexity index is 536. The molecular weight excluding hydrogens is 328 g/mol. The number of aromatic nitrogens is 2. The van der Waals surface area contributed by atoms with Gasteiger partial charge in [-0.25, -0.2) is 9.55 Å². The van der Waals surface area contributed by atoms with E-state index in [1.54, 1.807) is 0 Å². The Kier molecular flexibility index (Phi) is 12.1. The Morgan fingerprint density at radius 2 is 1.40 bits per heavy atom. The summed E-state index contributed by atoms with van der Waals surface area (Å²) in [4.78, 5) is 3.42. The van der Waals surface area contributed by atoms with Gasteiger partial charge in [0.25, 0.3) is 5.82 Å². The summed E-state index contributed by atoms with van der Waals surface area (Å²) in [6.45, 7) is 3.26. The number of H-pyrrole nitrogens is 1.